The van der Waals surface area contributed by atoms with E-state index in [0.29, 0.717) is 0 Å². The van der Waals surface area contributed by atoms with Crippen LogP contribution in [0.3, 0.4) is 0 Å². The smallest absolute Gasteiger partial charge is 0.225 e. The molecule has 0 saturated carbocycles. The molecule has 94 valence electrons. The highest BCUT2D eigenvalue weighted by molar-refractivity contribution is 7.90. The Labute approximate surface area is 104 Å². The van der Waals surface area contributed by atoms with Crippen molar-refractivity contribution in [1.82, 2.24) is 0 Å². The Bertz CT molecular complexity index is 530. The van der Waals surface area contributed by atoms with Gasteiger partial charge in [-0.25, -0.2) is 12.8 Å². The van der Waals surface area contributed by atoms with E-state index in [-0.39, 0.29) is 22.9 Å². The van der Waals surface area contributed by atoms with Crippen LogP contribution < -0.4 is 5.32 Å². The average Bonchev–Trinajstić information content (AvgIpc) is 2.20. The molecule has 1 aromatic carbocycles. The van der Waals surface area contributed by atoms with Gasteiger partial charge < -0.3 is 5.32 Å². The summed E-state index contributed by atoms with van der Waals surface area (Å²) in [5.74, 6) is -1.38. The van der Waals surface area contributed by atoms with Crippen molar-refractivity contribution in [2.45, 2.75) is 6.42 Å². The first-order valence-electron chi connectivity index (χ1n) is 4.70. The summed E-state index contributed by atoms with van der Waals surface area (Å²) in [5.41, 5.74) is 0.241. The number of nitrogens with one attached hydrogen (secondary N) is 1. The van der Waals surface area contributed by atoms with E-state index in [0.717, 1.165) is 12.3 Å². The lowest BCUT2D eigenvalue weighted by molar-refractivity contribution is -0.115. The molecule has 0 heterocycles. The maximum absolute atomic E-state index is 13.0. The van der Waals surface area contributed by atoms with Gasteiger partial charge in [-0.2, -0.15) is 0 Å². The molecule has 0 fully saturated rings. The fourth-order valence-corrected chi connectivity index (χ4v) is 1.75. The van der Waals surface area contributed by atoms with E-state index in [1.165, 1.54) is 12.1 Å². The second kappa shape index (κ2) is 5.46. The van der Waals surface area contributed by atoms with Gasteiger partial charge in [0.15, 0.2) is 0 Å². The van der Waals surface area contributed by atoms with Gasteiger partial charge >= 0.3 is 0 Å². The summed E-state index contributed by atoms with van der Waals surface area (Å²) in [6.07, 6.45) is 0.880. The van der Waals surface area contributed by atoms with Crippen LogP contribution >= 0.6 is 11.6 Å². The third kappa shape index (κ3) is 5.14. The summed E-state index contributed by atoms with van der Waals surface area (Å²) in [7, 11) is -3.18. The molecule has 0 aliphatic rings. The summed E-state index contributed by atoms with van der Waals surface area (Å²) in [4.78, 5) is 11.3. The Balaban J connectivity index is 2.59. The van der Waals surface area contributed by atoms with Crippen LogP contribution in [0.25, 0.3) is 0 Å². The van der Waals surface area contributed by atoms with Crippen LogP contribution in [0.2, 0.25) is 5.02 Å². The molecule has 1 N–H and O–H groups in total. The SMILES string of the molecule is CS(=O)(=O)CCC(=O)Nc1ccc(Cl)c(F)c1. The number of anilines is 1. The van der Waals surface area contributed by atoms with Crippen LogP contribution in [0.15, 0.2) is 18.2 Å². The Morgan fingerprint density at radius 2 is 2.12 bits per heavy atom. The zero-order chi connectivity index (χ0) is 13.1. The number of rotatable bonds is 4. The molecule has 0 spiro atoms. The highest BCUT2D eigenvalue weighted by Gasteiger charge is 2.09. The molecule has 17 heavy (non-hydrogen) atoms. The summed E-state index contributed by atoms with van der Waals surface area (Å²) in [5, 5.41) is 2.34. The third-order valence-electron chi connectivity index (χ3n) is 1.90. The second-order valence-electron chi connectivity index (χ2n) is 3.56. The van der Waals surface area contributed by atoms with E-state index in [4.69, 9.17) is 11.6 Å². The predicted octanol–water partition coefficient (Wildman–Crippen LogP) is 1.85. The minimum absolute atomic E-state index is 0.0425. The fraction of sp³-hybridized carbons (Fsp3) is 0.300. The molecule has 1 aromatic rings. The summed E-state index contributed by atoms with van der Waals surface area (Å²) in [6.45, 7) is 0. The number of hydrogen-bond acceptors (Lipinski definition) is 3. The Morgan fingerprint density at radius 1 is 1.47 bits per heavy atom. The molecule has 0 atom stereocenters. The molecule has 0 aliphatic heterocycles. The lowest BCUT2D eigenvalue weighted by Gasteiger charge is -2.05. The number of halogens is 2. The zero-order valence-corrected chi connectivity index (χ0v) is 10.6. The van der Waals surface area contributed by atoms with E-state index >= 15 is 0 Å². The number of benzene rings is 1. The van der Waals surface area contributed by atoms with E-state index in [1.807, 2.05) is 0 Å². The minimum atomic E-state index is -3.18. The normalized spacial score (nSPS) is 11.2. The van der Waals surface area contributed by atoms with Crippen LogP contribution in [0.4, 0.5) is 10.1 Å². The third-order valence-corrected chi connectivity index (χ3v) is 3.16. The standard InChI is InChI=1S/C10H11ClFNO3S/c1-17(15,16)5-4-10(14)13-7-2-3-8(11)9(12)6-7/h2-3,6H,4-5H2,1H3,(H,13,14). The molecule has 4 nitrogen and oxygen atoms in total. The largest absolute Gasteiger partial charge is 0.326 e. The number of carbonyl (C=O) groups excluding carboxylic acids is 1. The molecule has 1 rings (SSSR count). The van der Waals surface area contributed by atoms with Crippen molar-refractivity contribution in [3.05, 3.63) is 29.0 Å². The van der Waals surface area contributed by atoms with Crippen molar-refractivity contribution in [2.24, 2.45) is 0 Å². The first-order valence-corrected chi connectivity index (χ1v) is 7.14. The van der Waals surface area contributed by atoms with Crippen LogP contribution in [-0.2, 0) is 14.6 Å². The molecule has 0 unspecified atom stereocenters. The van der Waals surface area contributed by atoms with E-state index in [1.54, 1.807) is 0 Å². The first-order chi connectivity index (χ1) is 7.78. The van der Waals surface area contributed by atoms with Crippen LogP contribution in [0.5, 0.6) is 0 Å². The van der Waals surface area contributed by atoms with Gasteiger partial charge in [-0.1, -0.05) is 11.6 Å². The van der Waals surface area contributed by atoms with E-state index in [2.05, 4.69) is 5.32 Å². The maximum Gasteiger partial charge on any atom is 0.225 e. The Hall–Kier alpha value is -1.14. The average molecular weight is 280 g/mol. The van der Waals surface area contributed by atoms with Crippen molar-refractivity contribution in [3.8, 4) is 0 Å². The predicted molar refractivity (Wildman–Crippen MR) is 64.4 cm³/mol. The summed E-state index contributed by atoms with van der Waals surface area (Å²) < 4.78 is 34.7. The molecular formula is C10H11ClFNO3S. The number of sulfone groups is 1. The monoisotopic (exact) mass is 279 g/mol. The van der Waals surface area contributed by atoms with Gasteiger partial charge in [-0.3, -0.25) is 4.79 Å². The van der Waals surface area contributed by atoms with Crippen molar-refractivity contribution in [2.75, 3.05) is 17.3 Å². The molecule has 0 radical (unpaired) electrons. The van der Waals surface area contributed by atoms with Gasteiger partial charge in [0, 0.05) is 18.4 Å². The van der Waals surface area contributed by atoms with E-state index < -0.39 is 21.6 Å². The first kappa shape index (κ1) is 13.9. The lowest BCUT2D eigenvalue weighted by Crippen LogP contribution is -2.16. The van der Waals surface area contributed by atoms with Crippen LogP contribution in [0.1, 0.15) is 6.42 Å². The van der Waals surface area contributed by atoms with Crippen molar-refractivity contribution in [3.63, 3.8) is 0 Å². The number of carbonyl (C=O) groups is 1. The Kier molecular flexibility index (Phi) is 4.47. The maximum atomic E-state index is 13.0. The van der Waals surface area contributed by atoms with Gasteiger partial charge in [0.25, 0.3) is 0 Å². The van der Waals surface area contributed by atoms with Crippen LogP contribution in [-0.4, -0.2) is 26.3 Å². The van der Waals surface area contributed by atoms with Crippen LogP contribution in [0, 0.1) is 5.82 Å². The number of hydrogen-bond donors (Lipinski definition) is 1. The molecular weight excluding hydrogens is 269 g/mol. The number of amides is 1. The molecule has 7 heteroatoms. The van der Waals surface area contributed by atoms with Gasteiger partial charge in [0.1, 0.15) is 15.7 Å². The summed E-state index contributed by atoms with van der Waals surface area (Å²) in [6, 6.07) is 3.81. The molecule has 0 saturated heterocycles. The topological polar surface area (TPSA) is 63.2 Å². The van der Waals surface area contributed by atoms with Crippen molar-refractivity contribution in [1.29, 1.82) is 0 Å². The quantitative estimate of drug-likeness (QED) is 0.915. The second-order valence-corrected chi connectivity index (χ2v) is 6.22. The van der Waals surface area contributed by atoms with Crippen molar-refractivity contribution < 1.29 is 17.6 Å². The minimum Gasteiger partial charge on any atom is -0.326 e. The molecule has 1 amide bonds. The lowest BCUT2D eigenvalue weighted by atomic mass is 10.3. The molecule has 0 aromatic heterocycles. The van der Waals surface area contributed by atoms with Gasteiger partial charge in [-0.15, -0.1) is 0 Å². The van der Waals surface area contributed by atoms with Gasteiger partial charge in [-0.05, 0) is 18.2 Å². The molecule has 0 aliphatic carbocycles. The van der Waals surface area contributed by atoms with E-state index in [9.17, 15) is 17.6 Å². The van der Waals surface area contributed by atoms with Crippen molar-refractivity contribution >= 4 is 33.0 Å². The summed E-state index contributed by atoms with van der Waals surface area (Å²) >= 11 is 5.47. The Morgan fingerprint density at radius 3 is 2.65 bits per heavy atom. The van der Waals surface area contributed by atoms with Gasteiger partial charge in [0.2, 0.25) is 5.91 Å². The highest BCUT2D eigenvalue weighted by atomic mass is 35.5. The van der Waals surface area contributed by atoms with Gasteiger partial charge in [0.05, 0.1) is 10.8 Å². The molecule has 0 bridgehead atoms. The zero-order valence-electron chi connectivity index (χ0n) is 9.04. The highest BCUT2D eigenvalue weighted by Crippen LogP contribution is 2.18. The fourth-order valence-electron chi connectivity index (χ4n) is 1.08.